The second-order valence-corrected chi connectivity index (χ2v) is 7.87. The van der Waals surface area contributed by atoms with Crippen molar-refractivity contribution in [2.24, 2.45) is 0 Å². The molecule has 3 nitrogen and oxygen atoms in total. The smallest absolute Gasteiger partial charge is 0.160 e. The van der Waals surface area contributed by atoms with Crippen LogP contribution >= 0.6 is 0 Å². The number of allylic oxidation sites excluding steroid dienone is 4. The van der Waals surface area contributed by atoms with E-state index in [4.69, 9.17) is 0 Å². The summed E-state index contributed by atoms with van der Waals surface area (Å²) in [5.41, 5.74) is 3.04. The topological polar surface area (TPSA) is 60.7 Å². The molecule has 2 aromatic carbocycles. The number of aromatic hydroxyl groups is 3. The Morgan fingerprint density at radius 2 is 1.27 bits per heavy atom. The molecule has 0 aromatic heterocycles. The quantitative estimate of drug-likeness (QED) is 0.188. The van der Waals surface area contributed by atoms with Crippen LogP contribution in [0.15, 0.2) is 60.7 Å². The van der Waals surface area contributed by atoms with Gasteiger partial charge in [0, 0.05) is 0 Å². The van der Waals surface area contributed by atoms with E-state index in [1.807, 2.05) is 19.1 Å². The van der Waals surface area contributed by atoms with Crippen molar-refractivity contribution in [2.45, 2.75) is 71.1 Å². The molecule has 0 spiro atoms. The first-order valence-electron chi connectivity index (χ1n) is 11.2. The Hall–Kier alpha value is -2.68. The highest BCUT2D eigenvalue weighted by Crippen LogP contribution is 2.29. The maximum atomic E-state index is 9.79. The molecule has 0 heterocycles. The van der Waals surface area contributed by atoms with Gasteiger partial charge in [-0.25, -0.2) is 0 Å². The number of aryl methyl sites for hydroxylation is 2. The highest BCUT2D eigenvalue weighted by atomic mass is 16.3. The minimum atomic E-state index is -0.0271. The van der Waals surface area contributed by atoms with Crippen molar-refractivity contribution >= 4 is 0 Å². The van der Waals surface area contributed by atoms with Crippen molar-refractivity contribution in [1.82, 2.24) is 0 Å². The van der Waals surface area contributed by atoms with E-state index in [1.54, 1.807) is 12.1 Å². The van der Waals surface area contributed by atoms with E-state index in [1.165, 1.54) is 30.9 Å². The van der Waals surface area contributed by atoms with Gasteiger partial charge in [-0.05, 0) is 80.7 Å². The summed E-state index contributed by atoms with van der Waals surface area (Å²) in [5.74, 6) is 0.391. The standard InChI is InChI=1S/C27H36O3/c1-22-23(18-14-20-25(22)28)16-12-10-8-6-4-2-3-5-7-9-11-13-17-24-19-15-21-26(29)27(24)30/h2,4,8,10,14-15,18-21,28-30H,3,5-7,9,11-13,16-17H2,1H3. The van der Waals surface area contributed by atoms with Gasteiger partial charge in [-0.1, -0.05) is 67.8 Å². The summed E-state index contributed by atoms with van der Waals surface area (Å²) in [6.45, 7) is 1.97. The van der Waals surface area contributed by atoms with Gasteiger partial charge in [0.25, 0.3) is 0 Å². The maximum Gasteiger partial charge on any atom is 0.160 e. The minimum absolute atomic E-state index is 0.0271. The monoisotopic (exact) mass is 408 g/mol. The van der Waals surface area contributed by atoms with Crippen LogP contribution in [0.4, 0.5) is 0 Å². The fraction of sp³-hybridized carbons (Fsp3) is 0.407. The second-order valence-electron chi connectivity index (χ2n) is 7.87. The third-order valence-corrected chi connectivity index (χ3v) is 5.52. The Balaban J connectivity index is 1.45. The Morgan fingerprint density at radius 3 is 2.07 bits per heavy atom. The van der Waals surface area contributed by atoms with E-state index in [0.717, 1.165) is 56.1 Å². The lowest BCUT2D eigenvalue weighted by Crippen LogP contribution is -1.88. The molecular weight excluding hydrogens is 372 g/mol. The first-order chi connectivity index (χ1) is 14.6. The molecule has 0 aliphatic rings. The number of hydrogen-bond donors (Lipinski definition) is 3. The van der Waals surface area contributed by atoms with Gasteiger partial charge in [0.05, 0.1) is 0 Å². The van der Waals surface area contributed by atoms with Gasteiger partial charge >= 0.3 is 0 Å². The molecule has 0 aliphatic heterocycles. The Morgan fingerprint density at radius 1 is 0.633 bits per heavy atom. The summed E-state index contributed by atoms with van der Waals surface area (Å²) in [4.78, 5) is 0. The van der Waals surface area contributed by atoms with Crippen molar-refractivity contribution in [2.75, 3.05) is 0 Å². The third kappa shape index (κ3) is 8.36. The van der Waals surface area contributed by atoms with Crippen LogP contribution in [-0.4, -0.2) is 15.3 Å². The van der Waals surface area contributed by atoms with Crippen LogP contribution in [0.3, 0.4) is 0 Å². The zero-order valence-corrected chi connectivity index (χ0v) is 18.2. The Bertz CT molecular complexity index is 821. The van der Waals surface area contributed by atoms with E-state index >= 15 is 0 Å². The van der Waals surface area contributed by atoms with E-state index in [-0.39, 0.29) is 11.5 Å². The molecule has 0 amide bonds. The summed E-state index contributed by atoms with van der Waals surface area (Å²) in [7, 11) is 0. The Labute approximate surface area is 181 Å². The molecule has 0 saturated heterocycles. The zero-order chi connectivity index (χ0) is 21.6. The van der Waals surface area contributed by atoms with Gasteiger partial charge in [0.15, 0.2) is 11.5 Å². The summed E-state index contributed by atoms with van der Waals surface area (Å²) < 4.78 is 0. The SMILES string of the molecule is Cc1c(O)cccc1CCC=CCC=CCCCCCCCc1cccc(O)c1O. The first-order valence-corrected chi connectivity index (χ1v) is 11.2. The van der Waals surface area contributed by atoms with E-state index in [2.05, 4.69) is 30.4 Å². The van der Waals surface area contributed by atoms with Crippen LogP contribution in [0.2, 0.25) is 0 Å². The average molecular weight is 409 g/mol. The molecule has 2 aromatic rings. The number of phenolic OH excluding ortho intramolecular Hbond substituents is 3. The first kappa shape index (κ1) is 23.6. The number of hydrogen-bond acceptors (Lipinski definition) is 3. The lowest BCUT2D eigenvalue weighted by Gasteiger charge is -2.05. The van der Waals surface area contributed by atoms with E-state index < -0.39 is 0 Å². The lowest BCUT2D eigenvalue weighted by atomic mass is 10.0. The average Bonchev–Trinajstić information content (AvgIpc) is 2.74. The molecule has 0 atom stereocenters. The largest absolute Gasteiger partial charge is 0.508 e. The van der Waals surface area contributed by atoms with Crippen LogP contribution in [0.25, 0.3) is 0 Å². The predicted octanol–water partition coefficient (Wildman–Crippen LogP) is 7.13. The van der Waals surface area contributed by atoms with E-state index in [0.29, 0.717) is 5.75 Å². The number of rotatable bonds is 13. The fourth-order valence-electron chi connectivity index (χ4n) is 3.57. The van der Waals surface area contributed by atoms with Crippen LogP contribution in [0.1, 0.15) is 68.1 Å². The summed E-state index contributed by atoms with van der Waals surface area (Å²) in [6, 6.07) is 10.9. The summed E-state index contributed by atoms with van der Waals surface area (Å²) in [6.07, 6.45) is 19.7. The van der Waals surface area contributed by atoms with Gasteiger partial charge in [-0.2, -0.15) is 0 Å². The Kier molecular flexibility index (Phi) is 10.6. The van der Waals surface area contributed by atoms with Gasteiger partial charge in [-0.3, -0.25) is 0 Å². The highest BCUT2D eigenvalue weighted by Gasteiger charge is 2.04. The molecule has 0 radical (unpaired) electrons. The number of phenols is 3. The molecule has 2 rings (SSSR count). The molecule has 3 heteroatoms. The van der Waals surface area contributed by atoms with Crippen LogP contribution in [0, 0.1) is 6.92 Å². The molecule has 0 bridgehead atoms. The van der Waals surface area contributed by atoms with Crippen molar-refractivity contribution in [3.05, 3.63) is 77.4 Å². The minimum Gasteiger partial charge on any atom is -0.508 e. The number of para-hydroxylation sites is 1. The zero-order valence-electron chi connectivity index (χ0n) is 18.2. The normalized spacial score (nSPS) is 11.6. The van der Waals surface area contributed by atoms with Crippen LogP contribution < -0.4 is 0 Å². The lowest BCUT2D eigenvalue weighted by molar-refractivity contribution is 0.398. The molecule has 162 valence electrons. The molecule has 0 aliphatic carbocycles. The number of unbranched alkanes of at least 4 members (excludes halogenated alkanes) is 5. The summed E-state index contributed by atoms with van der Waals surface area (Å²) >= 11 is 0. The van der Waals surface area contributed by atoms with Gasteiger partial charge in [0.2, 0.25) is 0 Å². The number of benzene rings is 2. The molecule has 0 saturated carbocycles. The van der Waals surface area contributed by atoms with Gasteiger partial charge in [-0.15, -0.1) is 0 Å². The molecule has 3 N–H and O–H groups in total. The molecule has 30 heavy (non-hydrogen) atoms. The van der Waals surface area contributed by atoms with Crippen molar-refractivity contribution in [3.63, 3.8) is 0 Å². The van der Waals surface area contributed by atoms with Crippen LogP contribution in [0.5, 0.6) is 17.2 Å². The van der Waals surface area contributed by atoms with Crippen molar-refractivity contribution < 1.29 is 15.3 Å². The second kappa shape index (κ2) is 13.5. The molecular formula is C27H36O3. The molecule has 0 unspecified atom stereocenters. The van der Waals surface area contributed by atoms with Crippen LogP contribution in [-0.2, 0) is 12.8 Å². The summed E-state index contributed by atoms with van der Waals surface area (Å²) in [5, 5.41) is 29.0. The van der Waals surface area contributed by atoms with Crippen molar-refractivity contribution in [3.8, 4) is 17.2 Å². The van der Waals surface area contributed by atoms with Crippen molar-refractivity contribution in [1.29, 1.82) is 0 Å². The fourth-order valence-corrected chi connectivity index (χ4v) is 3.57. The highest BCUT2D eigenvalue weighted by molar-refractivity contribution is 5.44. The third-order valence-electron chi connectivity index (χ3n) is 5.52. The maximum absolute atomic E-state index is 9.79. The van der Waals surface area contributed by atoms with E-state index in [9.17, 15) is 15.3 Å². The van der Waals surface area contributed by atoms with Gasteiger partial charge in [0.1, 0.15) is 5.75 Å². The predicted molar refractivity (Wildman–Crippen MR) is 125 cm³/mol. The molecule has 0 fully saturated rings. The van der Waals surface area contributed by atoms with Gasteiger partial charge < -0.3 is 15.3 Å².